The van der Waals surface area contributed by atoms with Crippen LogP contribution in [-0.2, 0) is 11.4 Å². The van der Waals surface area contributed by atoms with Crippen LogP contribution >= 0.6 is 24.0 Å². The first-order valence-electron chi connectivity index (χ1n) is 9.74. The topological polar surface area (TPSA) is 38.8 Å². The van der Waals surface area contributed by atoms with Gasteiger partial charge in [0.15, 0.2) is 15.8 Å². The SMILES string of the molecule is COc1cc(/C=C2\SC(=S)N(c3ccccc3)C2=O)ccc1OCc1cccc(C)c1. The van der Waals surface area contributed by atoms with Gasteiger partial charge in [0.2, 0.25) is 0 Å². The van der Waals surface area contributed by atoms with E-state index in [9.17, 15) is 4.79 Å². The summed E-state index contributed by atoms with van der Waals surface area (Å²) in [4.78, 5) is 15.1. The fourth-order valence-electron chi connectivity index (χ4n) is 3.27. The van der Waals surface area contributed by atoms with Gasteiger partial charge in [-0.3, -0.25) is 9.69 Å². The van der Waals surface area contributed by atoms with Gasteiger partial charge in [0.05, 0.1) is 17.7 Å². The molecule has 1 heterocycles. The maximum Gasteiger partial charge on any atom is 0.270 e. The third kappa shape index (κ3) is 4.81. The van der Waals surface area contributed by atoms with E-state index < -0.39 is 0 Å². The fraction of sp³-hybridized carbons (Fsp3) is 0.120. The summed E-state index contributed by atoms with van der Waals surface area (Å²) in [7, 11) is 1.60. The highest BCUT2D eigenvalue weighted by molar-refractivity contribution is 8.27. The van der Waals surface area contributed by atoms with Gasteiger partial charge in [0.1, 0.15) is 6.61 Å². The zero-order valence-corrected chi connectivity index (χ0v) is 18.8. The van der Waals surface area contributed by atoms with Gasteiger partial charge < -0.3 is 9.47 Å². The number of carbonyl (C=O) groups is 1. The number of nitrogens with zero attached hydrogens (tertiary/aromatic N) is 1. The monoisotopic (exact) mass is 447 g/mol. The van der Waals surface area contributed by atoms with Gasteiger partial charge in [-0.1, -0.05) is 78.1 Å². The van der Waals surface area contributed by atoms with Crippen LogP contribution in [0.4, 0.5) is 5.69 Å². The minimum atomic E-state index is -0.125. The number of benzene rings is 3. The second kappa shape index (κ2) is 9.37. The maximum absolute atomic E-state index is 12.9. The van der Waals surface area contributed by atoms with Crippen LogP contribution in [0.1, 0.15) is 16.7 Å². The zero-order chi connectivity index (χ0) is 21.8. The van der Waals surface area contributed by atoms with Crippen molar-refractivity contribution < 1.29 is 14.3 Å². The van der Waals surface area contributed by atoms with Crippen molar-refractivity contribution in [3.63, 3.8) is 0 Å². The Hall–Kier alpha value is -3.09. The number of thiocarbonyl (C=S) groups is 1. The number of methoxy groups -OCH3 is 1. The lowest BCUT2D eigenvalue weighted by molar-refractivity contribution is -0.113. The summed E-state index contributed by atoms with van der Waals surface area (Å²) in [6, 6.07) is 23.2. The minimum Gasteiger partial charge on any atom is -0.493 e. The molecule has 1 aliphatic rings. The van der Waals surface area contributed by atoms with Crippen LogP contribution in [0.25, 0.3) is 6.08 Å². The number of rotatable bonds is 6. The van der Waals surface area contributed by atoms with Crippen molar-refractivity contribution in [2.24, 2.45) is 0 Å². The molecule has 4 rings (SSSR count). The Morgan fingerprint density at radius 1 is 1.00 bits per heavy atom. The highest BCUT2D eigenvalue weighted by Gasteiger charge is 2.33. The quantitative estimate of drug-likeness (QED) is 0.343. The van der Waals surface area contributed by atoms with Crippen molar-refractivity contribution in [1.82, 2.24) is 0 Å². The number of carbonyl (C=O) groups excluding carboxylic acids is 1. The predicted molar refractivity (Wildman–Crippen MR) is 131 cm³/mol. The van der Waals surface area contributed by atoms with Gasteiger partial charge >= 0.3 is 0 Å². The number of hydrogen-bond acceptors (Lipinski definition) is 5. The number of thioether (sulfide) groups is 1. The van der Waals surface area contributed by atoms with Crippen molar-refractivity contribution in [2.45, 2.75) is 13.5 Å². The highest BCUT2D eigenvalue weighted by Crippen LogP contribution is 2.37. The fourth-order valence-corrected chi connectivity index (χ4v) is 4.57. The standard InChI is InChI=1S/C25H21NO3S2/c1-17-7-6-8-19(13-17)16-29-21-12-11-18(14-22(21)28-2)15-23-24(27)26(25(30)31-23)20-9-4-3-5-10-20/h3-15H,16H2,1-2H3/b23-15-. The highest BCUT2D eigenvalue weighted by atomic mass is 32.2. The van der Waals surface area contributed by atoms with Gasteiger partial charge in [0, 0.05) is 0 Å². The predicted octanol–water partition coefficient (Wildman–Crippen LogP) is 5.99. The van der Waals surface area contributed by atoms with Crippen molar-refractivity contribution in [3.05, 3.63) is 94.4 Å². The Morgan fingerprint density at radius 3 is 2.55 bits per heavy atom. The molecule has 0 aromatic heterocycles. The van der Waals surface area contributed by atoms with Gasteiger partial charge in [-0.2, -0.15) is 0 Å². The molecule has 4 nitrogen and oxygen atoms in total. The number of aryl methyl sites for hydroxylation is 1. The van der Waals surface area contributed by atoms with E-state index in [0.717, 1.165) is 16.8 Å². The van der Waals surface area contributed by atoms with Gasteiger partial charge in [-0.15, -0.1) is 0 Å². The van der Waals surface area contributed by atoms with E-state index in [1.54, 1.807) is 12.0 Å². The van der Waals surface area contributed by atoms with Crippen molar-refractivity contribution in [3.8, 4) is 11.5 Å². The molecule has 0 atom stereocenters. The number of anilines is 1. The van der Waals surface area contributed by atoms with Crippen molar-refractivity contribution in [1.29, 1.82) is 0 Å². The molecule has 0 aliphatic carbocycles. The first-order chi connectivity index (χ1) is 15.0. The third-order valence-electron chi connectivity index (χ3n) is 4.77. The van der Waals surface area contributed by atoms with E-state index in [1.807, 2.05) is 66.7 Å². The molecule has 0 bridgehead atoms. The Balaban J connectivity index is 1.53. The summed E-state index contributed by atoms with van der Waals surface area (Å²) in [6.45, 7) is 2.51. The molecule has 3 aromatic rings. The van der Waals surface area contributed by atoms with Crippen molar-refractivity contribution in [2.75, 3.05) is 12.0 Å². The Morgan fingerprint density at radius 2 is 1.81 bits per heavy atom. The Bertz CT molecular complexity index is 1160. The molecule has 0 radical (unpaired) electrons. The van der Waals surface area contributed by atoms with E-state index in [2.05, 4.69) is 19.1 Å². The van der Waals surface area contributed by atoms with Gasteiger partial charge in [0.25, 0.3) is 5.91 Å². The van der Waals surface area contributed by atoms with Crippen LogP contribution < -0.4 is 14.4 Å². The lowest BCUT2D eigenvalue weighted by atomic mass is 10.1. The van der Waals surface area contributed by atoms with E-state index in [0.29, 0.717) is 27.3 Å². The van der Waals surface area contributed by atoms with E-state index in [1.165, 1.54) is 17.3 Å². The lowest BCUT2D eigenvalue weighted by Gasteiger charge is -2.14. The number of hydrogen-bond donors (Lipinski definition) is 0. The lowest BCUT2D eigenvalue weighted by Crippen LogP contribution is -2.27. The smallest absolute Gasteiger partial charge is 0.270 e. The summed E-state index contributed by atoms with van der Waals surface area (Å²) in [5, 5.41) is 0. The maximum atomic E-state index is 12.9. The van der Waals surface area contributed by atoms with Crippen LogP contribution in [0, 0.1) is 6.92 Å². The third-order valence-corrected chi connectivity index (χ3v) is 6.07. The van der Waals surface area contributed by atoms with Crippen LogP contribution in [0.2, 0.25) is 0 Å². The molecular weight excluding hydrogens is 426 g/mol. The first kappa shape index (κ1) is 21.2. The molecule has 31 heavy (non-hydrogen) atoms. The summed E-state index contributed by atoms with van der Waals surface area (Å²) in [6.07, 6.45) is 1.83. The second-order valence-corrected chi connectivity index (χ2v) is 8.72. The molecule has 0 saturated carbocycles. The molecule has 1 saturated heterocycles. The average molecular weight is 448 g/mol. The van der Waals surface area contributed by atoms with Crippen LogP contribution in [0.15, 0.2) is 77.7 Å². The van der Waals surface area contributed by atoms with E-state index in [-0.39, 0.29) is 5.91 Å². The van der Waals surface area contributed by atoms with E-state index >= 15 is 0 Å². The van der Waals surface area contributed by atoms with Crippen LogP contribution in [-0.4, -0.2) is 17.3 Å². The molecule has 1 amide bonds. The summed E-state index contributed by atoms with van der Waals surface area (Å²) >= 11 is 6.73. The minimum absolute atomic E-state index is 0.125. The van der Waals surface area contributed by atoms with Crippen molar-refractivity contribution >= 4 is 46.0 Å². The molecule has 6 heteroatoms. The summed E-state index contributed by atoms with van der Waals surface area (Å²) in [5.74, 6) is 1.14. The van der Waals surface area contributed by atoms with Gasteiger partial charge in [-0.05, 0) is 48.4 Å². The van der Waals surface area contributed by atoms with Crippen LogP contribution in [0.5, 0.6) is 11.5 Å². The number of ether oxygens (including phenoxy) is 2. The molecule has 0 spiro atoms. The number of amides is 1. The largest absolute Gasteiger partial charge is 0.493 e. The Labute approximate surface area is 191 Å². The molecule has 156 valence electrons. The van der Waals surface area contributed by atoms with Crippen LogP contribution in [0.3, 0.4) is 0 Å². The molecule has 0 N–H and O–H groups in total. The zero-order valence-electron chi connectivity index (χ0n) is 17.2. The summed E-state index contributed by atoms with van der Waals surface area (Å²) < 4.78 is 12.0. The normalized spacial score (nSPS) is 14.9. The van der Waals surface area contributed by atoms with Gasteiger partial charge in [-0.25, -0.2) is 0 Å². The first-order valence-corrected chi connectivity index (χ1v) is 11.0. The number of para-hydroxylation sites is 1. The van der Waals surface area contributed by atoms with E-state index in [4.69, 9.17) is 21.7 Å². The molecule has 0 unspecified atom stereocenters. The molecule has 3 aromatic carbocycles. The second-order valence-electron chi connectivity index (χ2n) is 7.04. The average Bonchev–Trinajstić information content (AvgIpc) is 3.06. The Kier molecular flexibility index (Phi) is 6.39. The molecule has 1 fully saturated rings. The molecular formula is C25H21NO3S2. The summed E-state index contributed by atoms with van der Waals surface area (Å²) in [5.41, 5.74) is 3.89. The molecule has 1 aliphatic heterocycles.